The molecule has 0 heterocycles. The van der Waals surface area contributed by atoms with Crippen LogP contribution in [0.3, 0.4) is 0 Å². The van der Waals surface area contributed by atoms with E-state index in [2.05, 4.69) is 32.2 Å². The van der Waals surface area contributed by atoms with Crippen molar-refractivity contribution in [1.82, 2.24) is 0 Å². The number of rotatable bonds is 4. The Kier molecular flexibility index (Phi) is 4.37. The van der Waals surface area contributed by atoms with Gasteiger partial charge >= 0.3 is 0 Å². The Balaban J connectivity index is 2.80. The van der Waals surface area contributed by atoms with Crippen molar-refractivity contribution in [3.63, 3.8) is 0 Å². The van der Waals surface area contributed by atoms with Gasteiger partial charge in [0.1, 0.15) is 6.07 Å². The van der Waals surface area contributed by atoms with Crippen molar-refractivity contribution in [2.75, 3.05) is 5.32 Å². The summed E-state index contributed by atoms with van der Waals surface area (Å²) in [4.78, 5) is 0. The molecule has 1 unspecified atom stereocenters. The van der Waals surface area contributed by atoms with Crippen LogP contribution in [0.4, 0.5) is 5.69 Å². The van der Waals surface area contributed by atoms with E-state index in [0.29, 0.717) is 12.0 Å². The normalized spacial score (nSPS) is 12.2. The minimum atomic E-state index is 0.397. The molecule has 86 valence electrons. The maximum absolute atomic E-state index is 9.01. The number of hydrogen-bond donors (Lipinski definition) is 1. The molecule has 2 heteroatoms. The van der Waals surface area contributed by atoms with Gasteiger partial charge in [0.2, 0.25) is 0 Å². The molecule has 1 aromatic carbocycles. The molecule has 0 amide bonds. The second-order valence-electron chi connectivity index (χ2n) is 4.84. The predicted molar refractivity (Wildman–Crippen MR) is 68.4 cm³/mol. The van der Waals surface area contributed by atoms with E-state index >= 15 is 0 Å². The zero-order valence-corrected chi connectivity index (χ0v) is 10.5. The molecule has 0 fully saturated rings. The standard InChI is InChI=1S/C14H20N2/c1-10(2)7-12(4)16-14-8-11(3)5-6-13(14)9-15/h5-6,8,10,12,16H,7H2,1-4H3. The molecule has 0 aliphatic heterocycles. The van der Waals surface area contributed by atoms with Gasteiger partial charge in [-0.1, -0.05) is 19.9 Å². The molecule has 0 spiro atoms. The molecular weight excluding hydrogens is 196 g/mol. The molecule has 2 nitrogen and oxygen atoms in total. The SMILES string of the molecule is Cc1ccc(C#N)c(NC(C)CC(C)C)c1. The summed E-state index contributed by atoms with van der Waals surface area (Å²) >= 11 is 0. The smallest absolute Gasteiger partial charge is 0.101 e. The number of nitrogens with one attached hydrogen (secondary N) is 1. The second kappa shape index (κ2) is 5.55. The van der Waals surface area contributed by atoms with Crippen molar-refractivity contribution in [3.05, 3.63) is 29.3 Å². The van der Waals surface area contributed by atoms with Crippen molar-refractivity contribution in [2.45, 2.75) is 40.2 Å². The quantitative estimate of drug-likeness (QED) is 0.832. The van der Waals surface area contributed by atoms with Crippen molar-refractivity contribution in [2.24, 2.45) is 5.92 Å². The van der Waals surface area contributed by atoms with E-state index < -0.39 is 0 Å². The molecule has 0 aliphatic rings. The van der Waals surface area contributed by atoms with Gasteiger partial charge in [0.25, 0.3) is 0 Å². The van der Waals surface area contributed by atoms with E-state index in [1.54, 1.807) is 0 Å². The monoisotopic (exact) mass is 216 g/mol. The Labute approximate surface area is 98.3 Å². The molecule has 1 N–H and O–H groups in total. The summed E-state index contributed by atoms with van der Waals surface area (Å²) in [5.74, 6) is 0.665. The lowest BCUT2D eigenvalue weighted by molar-refractivity contribution is 0.540. The van der Waals surface area contributed by atoms with Crippen LogP contribution in [0.2, 0.25) is 0 Å². The van der Waals surface area contributed by atoms with Gasteiger partial charge in [0.05, 0.1) is 11.3 Å². The van der Waals surface area contributed by atoms with Gasteiger partial charge in [-0.25, -0.2) is 0 Å². The van der Waals surface area contributed by atoms with Gasteiger partial charge in [0, 0.05) is 6.04 Å². The van der Waals surface area contributed by atoms with E-state index in [1.807, 2.05) is 25.1 Å². The van der Waals surface area contributed by atoms with Crippen LogP contribution in [-0.2, 0) is 0 Å². The first-order valence-corrected chi connectivity index (χ1v) is 5.80. The van der Waals surface area contributed by atoms with Crippen LogP contribution in [0.15, 0.2) is 18.2 Å². The van der Waals surface area contributed by atoms with Gasteiger partial charge in [0.15, 0.2) is 0 Å². The Bertz CT molecular complexity index is 388. The highest BCUT2D eigenvalue weighted by Crippen LogP contribution is 2.19. The van der Waals surface area contributed by atoms with Crippen molar-refractivity contribution in [1.29, 1.82) is 5.26 Å². The molecule has 0 radical (unpaired) electrons. The summed E-state index contributed by atoms with van der Waals surface area (Å²) in [6, 6.07) is 8.50. The third-order valence-electron chi connectivity index (χ3n) is 2.52. The van der Waals surface area contributed by atoms with E-state index in [4.69, 9.17) is 5.26 Å². The highest BCUT2D eigenvalue weighted by molar-refractivity contribution is 5.59. The van der Waals surface area contributed by atoms with Crippen molar-refractivity contribution in [3.8, 4) is 6.07 Å². The molecule has 0 saturated carbocycles. The summed E-state index contributed by atoms with van der Waals surface area (Å²) < 4.78 is 0. The third-order valence-corrected chi connectivity index (χ3v) is 2.52. The van der Waals surface area contributed by atoms with Crippen LogP contribution in [0, 0.1) is 24.2 Å². The van der Waals surface area contributed by atoms with Crippen LogP contribution in [0.25, 0.3) is 0 Å². The fourth-order valence-corrected chi connectivity index (χ4v) is 1.91. The molecular formula is C14H20N2. The van der Waals surface area contributed by atoms with E-state index in [1.165, 1.54) is 5.56 Å². The Morgan fingerprint density at radius 1 is 1.31 bits per heavy atom. The summed E-state index contributed by atoms with van der Waals surface area (Å²) in [5.41, 5.74) is 2.86. The second-order valence-corrected chi connectivity index (χ2v) is 4.84. The number of anilines is 1. The molecule has 0 saturated heterocycles. The zero-order chi connectivity index (χ0) is 12.1. The van der Waals surface area contributed by atoms with Gasteiger partial charge in [-0.3, -0.25) is 0 Å². The lowest BCUT2D eigenvalue weighted by Gasteiger charge is -2.18. The minimum Gasteiger partial charge on any atom is -0.382 e. The van der Waals surface area contributed by atoms with Crippen LogP contribution in [-0.4, -0.2) is 6.04 Å². The van der Waals surface area contributed by atoms with Gasteiger partial charge in [-0.05, 0) is 43.9 Å². The first-order chi connectivity index (χ1) is 7.52. The Hall–Kier alpha value is -1.49. The topological polar surface area (TPSA) is 35.8 Å². The number of aryl methyl sites for hydroxylation is 1. The van der Waals surface area contributed by atoms with Crippen molar-refractivity contribution < 1.29 is 0 Å². The van der Waals surface area contributed by atoms with Crippen molar-refractivity contribution >= 4 is 5.69 Å². The fraction of sp³-hybridized carbons (Fsp3) is 0.500. The van der Waals surface area contributed by atoms with Gasteiger partial charge < -0.3 is 5.32 Å². The number of nitriles is 1. The third kappa shape index (κ3) is 3.58. The van der Waals surface area contributed by atoms with E-state index in [9.17, 15) is 0 Å². The molecule has 16 heavy (non-hydrogen) atoms. The summed E-state index contributed by atoms with van der Waals surface area (Å²) in [6.45, 7) is 8.61. The van der Waals surface area contributed by atoms with Crippen LogP contribution in [0.5, 0.6) is 0 Å². The highest BCUT2D eigenvalue weighted by Gasteiger charge is 2.08. The lowest BCUT2D eigenvalue weighted by Crippen LogP contribution is -2.18. The molecule has 0 bridgehead atoms. The number of nitrogens with zero attached hydrogens (tertiary/aromatic N) is 1. The Morgan fingerprint density at radius 2 is 2.00 bits per heavy atom. The molecule has 0 aliphatic carbocycles. The average Bonchev–Trinajstić information content (AvgIpc) is 2.16. The predicted octanol–water partition coefficient (Wildman–Crippen LogP) is 3.71. The van der Waals surface area contributed by atoms with E-state index in [0.717, 1.165) is 17.7 Å². The van der Waals surface area contributed by atoms with Gasteiger partial charge in [-0.15, -0.1) is 0 Å². The van der Waals surface area contributed by atoms with Crippen LogP contribution in [0.1, 0.15) is 38.3 Å². The number of benzene rings is 1. The minimum absolute atomic E-state index is 0.397. The average molecular weight is 216 g/mol. The summed E-state index contributed by atoms with van der Waals surface area (Å²) in [7, 11) is 0. The van der Waals surface area contributed by atoms with Gasteiger partial charge in [-0.2, -0.15) is 5.26 Å². The lowest BCUT2D eigenvalue weighted by atomic mass is 10.0. The summed E-state index contributed by atoms with van der Waals surface area (Å²) in [6.07, 6.45) is 1.11. The first-order valence-electron chi connectivity index (χ1n) is 5.80. The molecule has 0 aromatic heterocycles. The highest BCUT2D eigenvalue weighted by atomic mass is 14.9. The number of hydrogen-bond acceptors (Lipinski definition) is 2. The zero-order valence-electron chi connectivity index (χ0n) is 10.5. The molecule has 1 aromatic rings. The molecule has 1 rings (SSSR count). The summed E-state index contributed by atoms with van der Waals surface area (Å²) in [5, 5.41) is 12.4. The molecule has 1 atom stereocenters. The van der Waals surface area contributed by atoms with Crippen LogP contribution < -0.4 is 5.32 Å². The Morgan fingerprint density at radius 3 is 2.56 bits per heavy atom. The largest absolute Gasteiger partial charge is 0.382 e. The van der Waals surface area contributed by atoms with Crippen LogP contribution >= 0.6 is 0 Å². The van der Waals surface area contributed by atoms with E-state index in [-0.39, 0.29) is 0 Å². The maximum Gasteiger partial charge on any atom is 0.101 e. The first kappa shape index (κ1) is 12.6. The fourth-order valence-electron chi connectivity index (χ4n) is 1.91. The maximum atomic E-state index is 9.01.